The van der Waals surface area contributed by atoms with Crippen molar-refractivity contribution in [3.05, 3.63) is 138 Å². The van der Waals surface area contributed by atoms with E-state index in [0.29, 0.717) is 6.42 Å². The van der Waals surface area contributed by atoms with Crippen LogP contribution in [0, 0.1) is 19.7 Å². The van der Waals surface area contributed by atoms with Crippen molar-refractivity contribution in [3.8, 4) is 11.3 Å². The van der Waals surface area contributed by atoms with E-state index in [9.17, 15) is 21.2 Å². The second-order valence-corrected chi connectivity index (χ2v) is 13.3. The van der Waals surface area contributed by atoms with Gasteiger partial charge < -0.3 is 15.7 Å². The monoisotopic (exact) mass is 664 g/mol. The van der Waals surface area contributed by atoms with E-state index in [-0.39, 0.29) is 21.7 Å². The minimum absolute atomic E-state index is 0.0666. The first kappa shape index (κ1) is 34.2. The summed E-state index contributed by atoms with van der Waals surface area (Å²) in [5.74, 6) is 0.467. The summed E-state index contributed by atoms with van der Waals surface area (Å²) >= 11 is 0. The van der Waals surface area contributed by atoms with E-state index >= 15 is 0 Å². The van der Waals surface area contributed by atoms with Gasteiger partial charge in [0.15, 0.2) is 0 Å². The second-order valence-electron chi connectivity index (χ2n) is 10.4. The summed E-state index contributed by atoms with van der Waals surface area (Å²) in [6, 6.07) is 26.2. The van der Waals surface area contributed by atoms with E-state index < -0.39 is 20.2 Å². The van der Waals surface area contributed by atoms with Gasteiger partial charge in [-0.3, -0.25) is 9.11 Å². The van der Waals surface area contributed by atoms with Crippen molar-refractivity contribution in [2.24, 2.45) is 5.73 Å². The maximum absolute atomic E-state index is 13.0. The predicted molar refractivity (Wildman–Crippen MR) is 175 cm³/mol. The van der Waals surface area contributed by atoms with Crippen molar-refractivity contribution in [2.45, 2.75) is 36.1 Å². The lowest BCUT2D eigenvalue weighted by Gasteiger charge is -2.08. The summed E-state index contributed by atoms with van der Waals surface area (Å²) in [7, 11) is -8.04. The van der Waals surface area contributed by atoms with Crippen LogP contribution in [0.15, 0.2) is 119 Å². The lowest BCUT2D eigenvalue weighted by Crippen LogP contribution is -2.14. The first-order valence-corrected chi connectivity index (χ1v) is 16.8. The molecule has 0 radical (unpaired) electrons. The Kier molecular flexibility index (Phi) is 10.9. The Balaban J connectivity index is 0.000000182. The number of nitrogens with two attached hydrogens (primary N) is 1. The molecule has 0 fully saturated rings. The van der Waals surface area contributed by atoms with Gasteiger partial charge in [0, 0.05) is 17.1 Å². The highest BCUT2D eigenvalue weighted by atomic mass is 32.2. The van der Waals surface area contributed by atoms with E-state index in [2.05, 4.69) is 21.0 Å². The molecular weight excluding hydrogens is 632 g/mol. The number of H-pyrrole nitrogens is 2. The van der Waals surface area contributed by atoms with E-state index in [4.69, 9.17) is 14.8 Å². The highest BCUT2D eigenvalue weighted by molar-refractivity contribution is 7.86. The van der Waals surface area contributed by atoms with Crippen LogP contribution in [0.3, 0.4) is 0 Å². The fourth-order valence-electron chi connectivity index (χ4n) is 4.36. The molecule has 240 valence electrons. The molecule has 0 aliphatic carbocycles. The van der Waals surface area contributed by atoms with E-state index in [1.165, 1.54) is 41.8 Å². The van der Waals surface area contributed by atoms with Crippen LogP contribution in [0.25, 0.3) is 22.2 Å². The van der Waals surface area contributed by atoms with Crippen LogP contribution in [0.4, 0.5) is 4.39 Å². The lowest BCUT2D eigenvalue weighted by molar-refractivity contribution is 0.481. The van der Waals surface area contributed by atoms with E-state index in [0.717, 1.165) is 39.3 Å². The van der Waals surface area contributed by atoms with Crippen molar-refractivity contribution in [1.29, 1.82) is 0 Å². The molecule has 2 heterocycles. The predicted octanol–water partition coefficient (Wildman–Crippen LogP) is 6.42. The Morgan fingerprint density at radius 3 is 1.83 bits per heavy atom. The molecular formula is C33H33FN4O6S2. The Labute approximate surface area is 266 Å². The zero-order valence-electron chi connectivity index (χ0n) is 24.9. The molecule has 0 spiro atoms. The van der Waals surface area contributed by atoms with Gasteiger partial charge in [0.1, 0.15) is 11.6 Å². The molecule has 0 bridgehead atoms. The van der Waals surface area contributed by atoms with Gasteiger partial charge >= 0.3 is 0 Å². The molecule has 0 unspecified atom stereocenters. The Bertz CT molecular complexity index is 2040. The number of halogens is 1. The summed E-state index contributed by atoms with van der Waals surface area (Å²) in [4.78, 5) is 10.8. The van der Waals surface area contributed by atoms with Gasteiger partial charge in [-0.25, -0.2) is 9.37 Å². The zero-order valence-corrected chi connectivity index (χ0v) is 26.6. The number of imidazole rings is 1. The molecule has 13 heteroatoms. The van der Waals surface area contributed by atoms with E-state index in [1.807, 2.05) is 38.2 Å². The van der Waals surface area contributed by atoms with Crippen LogP contribution in [0.1, 0.15) is 28.6 Å². The topological polar surface area (TPSA) is 179 Å². The number of aromatic nitrogens is 3. The Hall–Kier alpha value is -4.66. The number of nitrogens with one attached hydrogen (secondary N) is 2. The fourth-order valence-corrected chi connectivity index (χ4v) is 5.32. The van der Waals surface area contributed by atoms with Gasteiger partial charge in [0.05, 0.1) is 27.7 Å². The van der Waals surface area contributed by atoms with Gasteiger partial charge in [0.25, 0.3) is 20.2 Å². The quantitative estimate of drug-likeness (QED) is 0.127. The van der Waals surface area contributed by atoms with Crippen molar-refractivity contribution in [1.82, 2.24) is 15.0 Å². The maximum Gasteiger partial charge on any atom is 0.294 e. The molecule has 6 aromatic rings. The molecule has 0 aliphatic heterocycles. The number of hydrogen-bond donors (Lipinski definition) is 5. The first-order valence-electron chi connectivity index (χ1n) is 13.9. The third-order valence-corrected chi connectivity index (χ3v) is 8.59. The summed E-state index contributed by atoms with van der Waals surface area (Å²) in [6.07, 6.45) is 4.41. The van der Waals surface area contributed by atoms with Gasteiger partial charge in [-0.15, -0.1) is 0 Å². The average Bonchev–Trinajstić information content (AvgIpc) is 3.66. The summed E-state index contributed by atoms with van der Waals surface area (Å²) in [6.45, 7) is 3.68. The molecule has 0 amide bonds. The number of aryl methyl sites for hydroxylation is 2. The molecule has 46 heavy (non-hydrogen) atoms. The highest BCUT2D eigenvalue weighted by Crippen LogP contribution is 2.24. The third kappa shape index (κ3) is 9.42. The fraction of sp³-hybridized carbons (Fsp3) is 0.121. The molecule has 4 aromatic carbocycles. The molecule has 0 saturated carbocycles. The van der Waals surface area contributed by atoms with Crippen molar-refractivity contribution < 1.29 is 30.3 Å². The number of para-hydroxylation sites is 1. The number of nitrogens with zero attached hydrogens (tertiary/aromatic N) is 1. The van der Waals surface area contributed by atoms with E-state index in [1.54, 1.807) is 42.6 Å². The van der Waals surface area contributed by atoms with Gasteiger partial charge in [-0.2, -0.15) is 16.8 Å². The number of benzene rings is 4. The third-order valence-electron chi connectivity index (χ3n) is 6.85. The summed E-state index contributed by atoms with van der Waals surface area (Å²) < 4.78 is 72.1. The van der Waals surface area contributed by atoms with Gasteiger partial charge in [-0.05, 0) is 86.0 Å². The Morgan fingerprint density at radius 2 is 1.30 bits per heavy atom. The molecule has 6 N–H and O–H groups in total. The van der Waals surface area contributed by atoms with Gasteiger partial charge in [0.2, 0.25) is 0 Å². The minimum Gasteiger partial charge on any atom is -0.361 e. The standard InChI is InChI=1S/C19H17FN4.2C7H8O3S/c20-14-7-5-12(6-8-14)18-11-23-19(24-18)16(21)9-13-10-22-17-4-2-1-3-15(13)17;2*1-6-2-4-7(5-3-6)11(8,9)10/h1-8,10-11,16,22H,9,21H2,(H,23,24);2*2-5H,1H3,(H,8,9,10)/t16-;;/m1../s1. The van der Waals surface area contributed by atoms with Gasteiger partial charge in [-0.1, -0.05) is 53.6 Å². The van der Waals surface area contributed by atoms with Crippen molar-refractivity contribution in [2.75, 3.05) is 0 Å². The summed E-state index contributed by atoms with van der Waals surface area (Å²) in [5.41, 5.74) is 12.2. The number of rotatable bonds is 6. The lowest BCUT2D eigenvalue weighted by atomic mass is 10.1. The molecule has 0 aliphatic rings. The molecule has 6 rings (SSSR count). The van der Waals surface area contributed by atoms with Crippen LogP contribution in [0.2, 0.25) is 0 Å². The van der Waals surface area contributed by atoms with Crippen LogP contribution >= 0.6 is 0 Å². The smallest absolute Gasteiger partial charge is 0.294 e. The maximum atomic E-state index is 13.0. The normalized spacial score (nSPS) is 12.0. The van der Waals surface area contributed by atoms with Crippen molar-refractivity contribution in [3.63, 3.8) is 0 Å². The van der Waals surface area contributed by atoms with Crippen molar-refractivity contribution >= 4 is 31.1 Å². The second kappa shape index (κ2) is 14.6. The molecule has 0 saturated heterocycles. The Morgan fingerprint density at radius 1 is 0.783 bits per heavy atom. The minimum atomic E-state index is -4.02. The summed E-state index contributed by atoms with van der Waals surface area (Å²) in [5, 5.41) is 1.18. The SMILES string of the molecule is Cc1ccc(S(=O)(=O)O)cc1.Cc1ccc(S(=O)(=O)O)cc1.N[C@H](Cc1c[nH]c2ccccc12)c1ncc(-c2ccc(F)cc2)[nH]1. The largest absolute Gasteiger partial charge is 0.361 e. The van der Waals surface area contributed by atoms with Crippen LogP contribution in [-0.2, 0) is 26.7 Å². The number of hydrogen-bond acceptors (Lipinski definition) is 6. The first-order chi connectivity index (χ1) is 21.7. The van der Waals surface area contributed by atoms with Crippen LogP contribution in [0.5, 0.6) is 0 Å². The number of fused-ring (bicyclic) bond motifs is 1. The molecule has 1 atom stereocenters. The zero-order chi connectivity index (χ0) is 33.5. The van der Waals surface area contributed by atoms with Crippen LogP contribution in [-0.4, -0.2) is 40.9 Å². The number of aromatic amines is 2. The molecule has 10 nitrogen and oxygen atoms in total. The van der Waals surface area contributed by atoms with Crippen LogP contribution < -0.4 is 5.73 Å². The average molecular weight is 665 g/mol. The molecule has 2 aromatic heterocycles. The highest BCUT2D eigenvalue weighted by Gasteiger charge is 2.14.